The van der Waals surface area contributed by atoms with E-state index >= 15 is 0 Å². The van der Waals surface area contributed by atoms with Crippen molar-refractivity contribution in [2.75, 3.05) is 46.5 Å². The number of hydrogen-bond acceptors (Lipinski definition) is 4. The van der Waals surface area contributed by atoms with Gasteiger partial charge in [-0.15, -0.1) is 0 Å². The van der Waals surface area contributed by atoms with Crippen LogP contribution in [0.5, 0.6) is 0 Å². The molecule has 5 heteroatoms. The SMILES string of the molecule is CC[N+](CC)(CC)CC.COCCOC(=O)[O-]. The van der Waals surface area contributed by atoms with Crippen LogP contribution in [-0.4, -0.2) is 57.1 Å². The van der Waals surface area contributed by atoms with Crippen LogP contribution in [0.2, 0.25) is 0 Å². The zero-order valence-corrected chi connectivity index (χ0v) is 11.8. The summed E-state index contributed by atoms with van der Waals surface area (Å²) in [7, 11) is 1.46. The van der Waals surface area contributed by atoms with Crippen molar-refractivity contribution in [2.24, 2.45) is 0 Å². The van der Waals surface area contributed by atoms with Crippen LogP contribution >= 0.6 is 0 Å². The third-order valence-electron chi connectivity index (χ3n) is 3.19. The van der Waals surface area contributed by atoms with Crippen molar-refractivity contribution in [2.45, 2.75) is 27.7 Å². The number of hydrogen-bond donors (Lipinski definition) is 0. The zero-order chi connectivity index (χ0) is 13.7. The molecule has 5 nitrogen and oxygen atoms in total. The summed E-state index contributed by atoms with van der Waals surface area (Å²) in [5, 5.41) is 9.49. The van der Waals surface area contributed by atoms with E-state index < -0.39 is 6.16 Å². The Balaban J connectivity index is 0. The molecule has 17 heavy (non-hydrogen) atoms. The largest absolute Gasteiger partial charge is 0.547 e. The Morgan fingerprint density at radius 1 is 1.00 bits per heavy atom. The molecule has 0 amide bonds. The Kier molecular flexibility index (Phi) is 12.7. The molecule has 0 aliphatic rings. The molecule has 0 radical (unpaired) electrons. The number of nitrogens with zero attached hydrogens (tertiary/aromatic N) is 1. The highest BCUT2D eigenvalue weighted by molar-refractivity contribution is 5.53. The van der Waals surface area contributed by atoms with E-state index in [4.69, 9.17) is 0 Å². The molecule has 0 aromatic carbocycles. The molecule has 0 aromatic rings. The molecule has 0 N–H and O–H groups in total. The van der Waals surface area contributed by atoms with Crippen molar-refractivity contribution in [1.82, 2.24) is 0 Å². The highest BCUT2D eigenvalue weighted by Crippen LogP contribution is 2.03. The molecule has 0 saturated carbocycles. The van der Waals surface area contributed by atoms with Gasteiger partial charge in [0.05, 0.1) is 39.4 Å². The van der Waals surface area contributed by atoms with E-state index in [0.717, 1.165) is 0 Å². The number of carbonyl (C=O) groups is 1. The maximum absolute atomic E-state index is 9.49. The van der Waals surface area contributed by atoms with Gasteiger partial charge in [-0.25, -0.2) is 0 Å². The fraction of sp³-hybridized carbons (Fsp3) is 0.917. The van der Waals surface area contributed by atoms with Crippen LogP contribution in [0.1, 0.15) is 27.7 Å². The molecular weight excluding hydrogens is 222 g/mol. The van der Waals surface area contributed by atoms with E-state index in [1.54, 1.807) is 0 Å². The average molecular weight is 249 g/mol. The molecule has 0 fully saturated rings. The molecule has 104 valence electrons. The quantitative estimate of drug-likeness (QED) is 0.382. The van der Waals surface area contributed by atoms with E-state index in [0.29, 0.717) is 0 Å². The lowest BCUT2D eigenvalue weighted by molar-refractivity contribution is -0.921. The summed E-state index contributed by atoms with van der Waals surface area (Å²) in [5.41, 5.74) is 0. The molecule has 0 aromatic heterocycles. The number of rotatable bonds is 7. The van der Waals surface area contributed by atoms with Gasteiger partial charge in [0.1, 0.15) is 0 Å². The Morgan fingerprint density at radius 2 is 1.41 bits per heavy atom. The van der Waals surface area contributed by atoms with Crippen molar-refractivity contribution in [3.63, 3.8) is 0 Å². The molecule has 0 saturated heterocycles. The lowest BCUT2D eigenvalue weighted by atomic mass is 10.3. The number of quaternary nitrogens is 1. The molecular formula is C12H27NO4. The first kappa shape index (κ1) is 18.6. The first-order valence-corrected chi connectivity index (χ1v) is 6.19. The summed E-state index contributed by atoms with van der Waals surface area (Å²) in [6, 6.07) is 0. The van der Waals surface area contributed by atoms with Gasteiger partial charge in [0.25, 0.3) is 6.16 Å². The van der Waals surface area contributed by atoms with Crippen LogP contribution in [0.25, 0.3) is 0 Å². The fourth-order valence-electron chi connectivity index (χ4n) is 1.55. The van der Waals surface area contributed by atoms with Gasteiger partial charge in [0, 0.05) is 7.11 Å². The first-order valence-electron chi connectivity index (χ1n) is 6.19. The molecule has 0 atom stereocenters. The molecule has 0 heterocycles. The highest BCUT2D eigenvalue weighted by atomic mass is 16.7. The zero-order valence-electron chi connectivity index (χ0n) is 11.8. The minimum absolute atomic E-state index is 0.0405. The maximum atomic E-state index is 9.49. The summed E-state index contributed by atoms with van der Waals surface area (Å²) in [6.07, 6.45) is -1.51. The Morgan fingerprint density at radius 3 is 1.59 bits per heavy atom. The number of carboxylic acid groups (broad SMARTS) is 1. The van der Waals surface area contributed by atoms with Crippen molar-refractivity contribution in [3.8, 4) is 0 Å². The highest BCUT2D eigenvalue weighted by Gasteiger charge is 2.16. The molecule has 0 aliphatic carbocycles. The second kappa shape index (κ2) is 11.7. The standard InChI is InChI=1S/C8H20N.C4H8O4/c1-5-9(6-2,7-3)8-4;1-7-2-3-8-4(5)6/h5-8H2,1-4H3;2-3H2,1H3,(H,5,6)/q+1;/p-1. The Labute approximate surface area is 105 Å². The summed E-state index contributed by atoms with van der Waals surface area (Å²) in [6.45, 7) is 14.5. The monoisotopic (exact) mass is 249 g/mol. The van der Waals surface area contributed by atoms with Crippen molar-refractivity contribution >= 4 is 6.16 Å². The third-order valence-corrected chi connectivity index (χ3v) is 3.19. The summed E-state index contributed by atoms with van der Waals surface area (Å²) >= 11 is 0. The van der Waals surface area contributed by atoms with Crippen LogP contribution in [0, 0.1) is 0 Å². The molecule has 0 rings (SSSR count). The van der Waals surface area contributed by atoms with E-state index in [1.807, 2.05) is 0 Å². The minimum atomic E-state index is -1.51. The second-order valence-corrected chi connectivity index (χ2v) is 3.70. The van der Waals surface area contributed by atoms with E-state index in [9.17, 15) is 9.90 Å². The third kappa shape index (κ3) is 10.1. The summed E-state index contributed by atoms with van der Waals surface area (Å²) < 4.78 is 9.72. The maximum Gasteiger partial charge on any atom is 0.252 e. The van der Waals surface area contributed by atoms with Crippen LogP contribution < -0.4 is 5.11 Å². The van der Waals surface area contributed by atoms with E-state index in [2.05, 4.69) is 37.2 Å². The van der Waals surface area contributed by atoms with Crippen LogP contribution in [0.4, 0.5) is 4.79 Å². The summed E-state index contributed by atoms with van der Waals surface area (Å²) in [4.78, 5) is 9.49. The van der Waals surface area contributed by atoms with Crippen LogP contribution in [0.3, 0.4) is 0 Å². The number of carbonyl (C=O) groups excluding carboxylic acids is 1. The Bertz CT molecular complexity index is 164. The van der Waals surface area contributed by atoms with Crippen molar-refractivity contribution in [3.05, 3.63) is 0 Å². The lowest BCUT2D eigenvalue weighted by Crippen LogP contribution is -2.47. The van der Waals surface area contributed by atoms with Crippen molar-refractivity contribution in [1.29, 1.82) is 0 Å². The van der Waals surface area contributed by atoms with Crippen LogP contribution in [0.15, 0.2) is 0 Å². The molecule has 0 spiro atoms. The first-order chi connectivity index (χ1) is 8.01. The van der Waals surface area contributed by atoms with Gasteiger partial charge in [-0.05, 0) is 27.7 Å². The van der Waals surface area contributed by atoms with Gasteiger partial charge in [0.2, 0.25) is 0 Å². The molecule has 0 aliphatic heterocycles. The van der Waals surface area contributed by atoms with E-state index in [1.165, 1.54) is 37.8 Å². The van der Waals surface area contributed by atoms with Crippen LogP contribution in [-0.2, 0) is 9.47 Å². The number of methoxy groups -OCH3 is 1. The second-order valence-electron chi connectivity index (χ2n) is 3.70. The van der Waals surface area contributed by atoms with Gasteiger partial charge < -0.3 is 23.9 Å². The minimum Gasteiger partial charge on any atom is -0.547 e. The summed E-state index contributed by atoms with van der Waals surface area (Å²) in [5.74, 6) is 0. The lowest BCUT2D eigenvalue weighted by Gasteiger charge is -2.34. The Hall–Kier alpha value is -0.810. The van der Waals surface area contributed by atoms with Crippen molar-refractivity contribution < 1.29 is 23.9 Å². The van der Waals surface area contributed by atoms with Gasteiger partial charge >= 0.3 is 0 Å². The van der Waals surface area contributed by atoms with Gasteiger partial charge in [-0.2, -0.15) is 0 Å². The van der Waals surface area contributed by atoms with Gasteiger partial charge in [0.15, 0.2) is 0 Å². The topological polar surface area (TPSA) is 58.6 Å². The predicted molar refractivity (Wildman–Crippen MR) is 65.6 cm³/mol. The number of ether oxygens (including phenoxy) is 2. The smallest absolute Gasteiger partial charge is 0.252 e. The van der Waals surface area contributed by atoms with Gasteiger partial charge in [-0.3, -0.25) is 0 Å². The van der Waals surface area contributed by atoms with Gasteiger partial charge in [-0.1, -0.05) is 0 Å². The normalized spacial score (nSPS) is 10.4. The fourth-order valence-corrected chi connectivity index (χ4v) is 1.55. The van der Waals surface area contributed by atoms with E-state index in [-0.39, 0.29) is 13.2 Å². The predicted octanol–water partition coefficient (Wildman–Crippen LogP) is 0.876. The average Bonchev–Trinajstić information content (AvgIpc) is 2.34. The molecule has 0 unspecified atom stereocenters. The molecule has 0 bridgehead atoms.